The van der Waals surface area contributed by atoms with Gasteiger partial charge in [-0.3, -0.25) is 20.2 Å². The second-order valence-corrected chi connectivity index (χ2v) is 8.43. The van der Waals surface area contributed by atoms with Crippen molar-refractivity contribution in [1.82, 2.24) is 9.97 Å². The van der Waals surface area contributed by atoms with Gasteiger partial charge in [0, 0.05) is 35.4 Å². The van der Waals surface area contributed by atoms with Crippen molar-refractivity contribution in [2.24, 2.45) is 0 Å². The second kappa shape index (κ2) is 8.68. The van der Waals surface area contributed by atoms with Crippen LogP contribution < -0.4 is 0 Å². The predicted octanol–water partition coefficient (Wildman–Crippen LogP) is 6.71. The zero-order valence-corrected chi connectivity index (χ0v) is 19.0. The molecule has 180 valence electrons. The molecule has 0 radical (unpaired) electrons. The maximum Gasteiger partial charge on any atom is 0.270 e. The Hall–Kier alpha value is -5.38. The standard InChI is InChI=1S/C27H16N4O6/c32-30(33)20-5-1-3-18(14-20)26-28-22-9-7-16(12-24(22)36-26)11-17-8-10-23-25(13-17)37-27(29-23)19-4-2-6-21(15-19)31(34)35/h1-10,12-15H,11H2. The van der Waals surface area contributed by atoms with Crippen LogP contribution in [0, 0.1) is 20.2 Å². The van der Waals surface area contributed by atoms with Gasteiger partial charge in [-0.1, -0.05) is 24.3 Å². The molecule has 0 aliphatic heterocycles. The fraction of sp³-hybridized carbons (Fsp3) is 0.0370. The lowest BCUT2D eigenvalue weighted by Crippen LogP contribution is -1.88. The summed E-state index contributed by atoms with van der Waals surface area (Å²) in [5, 5.41) is 22.2. The minimum Gasteiger partial charge on any atom is -0.436 e. The molecule has 0 fully saturated rings. The molecule has 2 heterocycles. The number of nitro groups is 2. The molecule has 0 spiro atoms. The van der Waals surface area contributed by atoms with Crippen LogP contribution in [0.4, 0.5) is 11.4 Å². The Balaban J connectivity index is 1.27. The molecule has 0 amide bonds. The molecule has 0 N–H and O–H groups in total. The SMILES string of the molecule is O=[N+]([O-])c1cccc(-c2nc3ccc(Cc4ccc5nc(-c6cccc([N+](=O)[O-])c6)oc5c4)cc3o2)c1. The molecule has 0 aliphatic rings. The number of aromatic nitrogens is 2. The summed E-state index contributed by atoms with van der Waals surface area (Å²) in [5.41, 5.74) is 5.41. The van der Waals surface area contributed by atoms with Gasteiger partial charge in [0.05, 0.1) is 9.85 Å². The third kappa shape index (κ3) is 4.27. The normalized spacial score (nSPS) is 11.2. The summed E-state index contributed by atoms with van der Waals surface area (Å²) in [6.45, 7) is 0. The molecule has 0 atom stereocenters. The van der Waals surface area contributed by atoms with Gasteiger partial charge in [-0.05, 0) is 53.9 Å². The molecule has 10 nitrogen and oxygen atoms in total. The maximum absolute atomic E-state index is 11.1. The Morgan fingerprint density at radius 1 is 0.622 bits per heavy atom. The van der Waals surface area contributed by atoms with Crippen molar-refractivity contribution < 1.29 is 18.7 Å². The fourth-order valence-electron chi connectivity index (χ4n) is 4.15. The average molecular weight is 492 g/mol. The lowest BCUT2D eigenvalue weighted by molar-refractivity contribution is -0.385. The Morgan fingerprint density at radius 3 is 1.51 bits per heavy atom. The van der Waals surface area contributed by atoms with Crippen molar-refractivity contribution in [3.63, 3.8) is 0 Å². The van der Waals surface area contributed by atoms with Gasteiger partial charge < -0.3 is 8.83 Å². The average Bonchev–Trinajstić information content (AvgIpc) is 3.53. The van der Waals surface area contributed by atoms with Crippen LogP contribution in [0.3, 0.4) is 0 Å². The Bertz CT molecular complexity index is 1700. The maximum atomic E-state index is 11.1. The summed E-state index contributed by atoms with van der Waals surface area (Å²) >= 11 is 0. The number of hydrogen-bond donors (Lipinski definition) is 0. The predicted molar refractivity (Wildman–Crippen MR) is 135 cm³/mol. The summed E-state index contributed by atoms with van der Waals surface area (Å²) in [6.07, 6.45) is 0.589. The summed E-state index contributed by atoms with van der Waals surface area (Å²) in [6, 6.07) is 23.7. The molecular formula is C27H16N4O6. The van der Waals surface area contributed by atoms with E-state index in [-0.39, 0.29) is 11.4 Å². The largest absolute Gasteiger partial charge is 0.436 e. The highest BCUT2D eigenvalue weighted by atomic mass is 16.6. The number of hydrogen-bond acceptors (Lipinski definition) is 8. The molecule has 0 saturated carbocycles. The van der Waals surface area contributed by atoms with E-state index in [4.69, 9.17) is 8.83 Å². The van der Waals surface area contributed by atoms with Gasteiger partial charge in [-0.15, -0.1) is 0 Å². The summed E-state index contributed by atoms with van der Waals surface area (Å²) in [4.78, 5) is 30.2. The molecule has 0 saturated heterocycles. The van der Waals surface area contributed by atoms with Crippen LogP contribution in [0.15, 0.2) is 93.8 Å². The minimum atomic E-state index is -0.456. The number of non-ortho nitro benzene ring substituents is 2. The van der Waals surface area contributed by atoms with E-state index < -0.39 is 9.85 Å². The van der Waals surface area contributed by atoms with Gasteiger partial charge in [0.15, 0.2) is 11.2 Å². The van der Waals surface area contributed by atoms with E-state index in [1.165, 1.54) is 24.3 Å². The van der Waals surface area contributed by atoms with Crippen molar-refractivity contribution in [2.45, 2.75) is 6.42 Å². The van der Waals surface area contributed by atoms with Crippen LogP contribution in [-0.4, -0.2) is 19.8 Å². The van der Waals surface area contributed by atoms with E-state index in [1.54, 1.807) is 24.3 Å². The van der Waals surface area contributed by atoms with Crippen molar-refractivity contribution in [3.8, 4) is 22.9 Å². The van der Waals surface area contributed by atoms with Crippen LogP contribution in [0.5, 0.6) is 0 Å². The van der Waals surface area contributed by atoms with Crippen LogP contribution in [-0.2, 0) is 6.42 Å². The van der Waals surface area contributed by atoms with E-state index in [2.05, 4.69) is 9.97 Å². The van der Waals surface area contributed by atoms with E-state index in [0.717, 1.165) is 11.1 Å². The van der Waals surface area contributed by atoms with E-state index in [1.807, 2.05) is 36.4 Å². The molecule has 4 aromatic carbocycles. The zero-order chi connectivity index (χ0) is 25.5. The highest BCUT2D eigenvalue weighted by Gasteiger charge is 2.15. The van der Waals surface area contributed by atoms with E-state index in [0.29, 0.717) is 51.5 Å². The van der Waals surface area contributed by atoms with Crippen LogP contribution in [0.25, 0.3) is 45.1 Å². The van der Waals surface area contributed by atoms with Gasteiger partial charge >= 0.3 is 0 Å². The topological polar surface area (TPSA) is 138 Å². The van der Waals surface area contributed by atoms with Crippen molar-refractivity contribution in [3.05, 3.63) is 116 Å². The van der Waals surface area contributed by atoms with Gasteiger partial charge in [0.25, 0.3) is 11.4 Å². The van der Waals surface area contributed by atoms with Crippen molar-refractivity contribution in [2.75, 3.05) is 0 Å². The number of oxazole rings is 2. The second-order valence-electron chi connectivity index (χ2n) is 8.43. The smallest absolute Gasteiger partial charge is 0.270 e. The third-order valence-electron chi connectivity index (χ3n) is 5.92. The van der Waals surface area contributed by atoms with Gasteiger partial charge in [-0.2, -0.15) is 0 Å². The van der Waals surface area contributed by atoms with Crippen LogP contribution in [0.2, 0.25) is 0 Å². The molecule has 2 aromatic heterocycles. The molecule has 0 aliphatic carbocycles. The van der Waals surface area contributed by atoms with Crippen LogP contribution >= 0.6 is 0 Å². The summed E-state index contributed by atoms with van der Waals surface area (Å²) in [7, 11) is 0. The Labute approximate surface area is 208 Å². The lowest BCUT2D eigenvalue weighted by Gasteiger charge is -2.01. The molecule has 6 aromatic rings. The number of rotatable bonds is 6. The summed E-state index contributed by atoms with van der Waals surface area (Å²) < 4.78 is 11.8. The molecular weight excluding hydrogens is 476 g/mol. The molecule has 10 heteroatoms. The summed E-state index contributed by atoms with van der Waals surface area (Å²) in [5.74, 6) is 0.625. The number of fused-ring (bicyclic) bond motifs is 2. The van der Waals surface area contributed by atoms with E-state index in [9.17, 15) is 20.2 Å². The Kier molecular flexibility index (Phi) is 5.19. The van der Waals surface area contributed by atoms with Gasteiger partial charge in [-0.25, -0.2) is 9.97 Å². The monoisotopic (exact) mass is 492 g/mol. The van der Waals surface area contributed by atoms with Crippen molar-refractivity contribution in [1.29, 1.82) is 0 Å². The molecule has 0 bridgehead atoms. The van der Waals surface area contributed by atoms with E-state index >= 15 is 0 Å². The quantitative estimate of drug-likeness (QED) is 0.185. The highest BCUT2D eigenvalue weighted by molar-refractivity contribution is 5.79. The number of nitro benzene ring substituents is 2. The molecule has 6 rings (SSSR count). The first-order valence-corrected chi connectivity index (χ1v) is 11.2. The third-order valence-corrected chi connectivity index (χ3v) is 5.92. The minimum absolute atomic E-state index is 0.0306. The Morgan fingerprint density at radius 2 is 1.08 bits per heavy atom. The first-order valence-electron chi connectivity index (χ1n) is 11.2. The fourth-order valence-corrected chi connectivity index (χ4v) is 4.15. The molecule has 37 heavy (non-hydrogen) atoms. The van der Waals surface area contributed by atoms with Gasteiger partial charge in [0.1, 0.15) is 11.0 Å². The first kappa shape index (κ1) is 22.1. The molecule has 0 unspecified atom stereocenters. The van der Waals surface area contributed by atoms with Gasteiger partial charge in [0.2, 0.25) is 11.8 Å². The van der Waals surface area contributed by atoms with Crippen LogP contribution in [0.1, 0.15) is 11.1 Å². The first-order chi connectivity index (χ1) is 17.9. The zero-order valence-electron chi connectivity index (χ0n) is 19.0. The van der Waals surface area contributed by atoms with Crippen molar-refractivity contribution >= 4 is 33.6 Å². The number of benzene rings is 4. The highest BCUT2D eigenvalue weighted by Crippen LogP contribution is 2.30. The number of nitrogens with zero attached hydrogens (tertiary/aromatic N) is 4. The lowest BCUT2D eigenvalue weighted by atomic mass is 10.0.